The highest BCUT2D eigenvalue weighted by Gasteiger charge is 2.14. The van der Waals surface area contributed by atoms with Crippen LogP contribution < -0.4 is 15.5 Å². The van der Waals surface area contributed by atoms with E-state index in [1.807, 2.05) is 19.1 Å². The van der Waals surface area contributed by atoms with Gasteiger partial charge < -0.3 is 20.6 Å². The molecule has 1 saturated heterocycles. The van der Waals surface area contributed by atoms with Crippen LogP contribution in [0.5, 0.6) is 0 Å². The Morgan fingerprint density at radius 1 is 1.40 bits per heavy atom. The van der Waals surface area contributed by atoms with Crippen LogP contribution in [-0.2, 0) is 0 Å². The molecule has 1 aromatic rings. The molecule has 20 heavy (non-hydrogen) atoms. The zero-order valence-corrected chi connectivity index (χ0v) is 11.9. The lowest BCUT2D eigenvalue weighted by atomic mass is 10.1. The minimum Gasteiger partial charge on any atom is -0.395 e. The van der Waals surface area contributed by atoms with Gasteiger partial charge in [-0.25, -0.2) is 4.79 Å². The molecule has 2 rings (SSSR count). The third-order valence-electron chi connectivity index (χ3n) is 3.59. The van der Waals surface area contributed by atoms with E-state index in [-0.39, 0.29) is 25.2 Å². The molecule has 0 aliphatic carbocycles. The van der Waals surface area contributed by atoms with Crippen LogP contribution >= 0.6 is 0 Å². The van der Waals surface area contributed by atoms with Gasteiger partial charge in [0.25, 0.3) is 0 Å². The number of rotatable bonds is 5. The van der Waals surface area contributed by atoms with Crippen LogP contribution in [0.1, 0.15) is 31.4 Å². The summed E-state index contributed by atoms with van der Waals surface area (Å²) in [6.45, 7) is 4.41. The van der Waals surface area contributed by atoms with E-state index in [1.54, 1.807) is 0 Å². The maximum absolute atomic E-state index is 11.6. The van der Waals surface area contributed by atoms with Gasteiger partial charge in [-0.1, -0.05) is 12.1 Å². The van der Waals surface area contributed by atoms with Gasteiger partial charge in [-0.05, 0) is 37.5 Å². The number of nitrogens with one attached hydrogen (secondary N) is 2. The summed E-state index contributed by atoms with van der Waals surface area (Å²) in [5.41, 5.74) is 2.32. The molecule has 0 saturated carbocycles. The predicted molar refractivity (Wildman–Crippen MR) is 79.9 cm³/mol. The fraction of sp³-hybridized carbons (Fsp3) is 0.533. The summed E-state index contributed by atoms with van der Waals surface area (Å²) < 4.78 is 0. The van der Waals surface area contributed by atoms with Crippen molar-refractivity contribution in [2.45, 2.75) is 25.8 Å². The highest BCUT2D eigenvalue weighted by molar-refractivity contribution is 5.74. The average Bonchev–Trinajstić information content (AvgIpc) is 2.99. The molecular formula is C15H23N3O2. The standard InChI is InChI=1S/C15H23N3O2/c1-12(17-15(20)16-7-10-19)13-5-4-6-14(11-13)18-8-2-3-9-18/h4-6,11-12,19H,2-3,7-10H2,1H3,(H2,16,17,20). The summed E-state index contributed by atoms with van der Waals surface area (Å²) in [6, 6.07) is 8.01. The van der Waals surface area contributed by atoms with Crippen molar-refractivity contribution in [3.8, 4) is 0 Å². The van der Waals surface area contributed by atoms with Crippen LogP contribution in [0.3, 0.4) is 0 Å². The van der Waals surface area contributed by atoms with E-state index in [2.05, 4.69) is 27.7 Å². The molecule has 3 N–H and O–H groups in total. The van der Waals surface area contributed by atoms with Gasteiger partial charge in [-0.15, -0.1) is 0 Å². The van der Waals surface area contributed by atoms with Crippen molar-refractivity contribution >= 4 is 11.7 Å². The molecule has 5 heteroatoms. The van der Waals surface area contributed by atoms with Gasteiger partial charge in [0.05, 0.1) is 12.6 Å². The van der Waals surface area contributed by atoms with Gasteiger partial charge in [-0.2, -0.15) is 0 Å². The number of urea groups is 1. The smallest absolute Gasteiger partial charge is 0.315 e. The average molecular weight is 277 g/mol. The summed E-state index contributed by atoms with van der Waals surface area (Å²) in [7, 11) is 0. The van der Waals surface area contributed by atoms with Gasteiger partial charge >= 0.3 is 6.03 Å². The van der Waals surface area contributed by atoms with Crippen molar-refractivity contribution in [1.82, 2.24) is 10.6 Å². The second kappa shape index (κ2) is 7.14. The molecule has 1 heterocycles. The van der Waals surface area contributed by atoms with Crippen LogP contribution in [0.25, 0.3) is 0 Å². The molecule has 0 bridgehead atoms. The van der Waals surface area contributed by atoms with Gasteiger partial charge in [0.15, 0.2) is 0 Å². The lowest BCUT2D eigenvalue weighted by molar-refractivity contribution is 0.231. The first-order valence-electron chi connectivity index (χ1n) is 7.21. The Morgan fingerprint density at radius 2 is 2.15 bits per heavy atom. The van der Waals surface area contributed by atoms with E-state index in [9.17, 15) is 4.79 Å². The lowest BCUT2D eigenvalue weighted by Gasteiger charge is -2.20. The van der Waals surface area contributed by atoms with E-state index in [0.717, 1.165) is 18.7 Å². The van der Waals surface area contributed by atoms with E-state index < -0.39 is 0 Å². The van der Waals surface area contributed by atoms with Crippen LogP contribution in [0, 0.1) is 0 Å². The molecule has 0 radical (unpaired) electrons. The number of aliphatic hydroxyl groups is 1. The SMILES string of the molecule is CC(NC(=O)NCCO)c1cccc(N2CCCC2)c1. The second-order valence-electron chi connectivity index (χ2n) is 5.13. The molecule has 0 aromatic heterocycles. The Labute approximate surface area is 120 Å². The maximum atomic E-state index is 11.6. The number of carbonyl (C=O) groups is 1. The Kier molecular flexibility index (Phi) is 5.24. The van der Waals surface area contributed by atoms with Crippen molar-refractivity contribution in [3.63, 3.8) is 0 Å². The fourth-order valence-corrected chi connectivity index (χ4v) is 2.47. The third kappa shape index (κ3) is 3.87. The monoisotopic (exact) mass is 277 g/mol. The molecule has 5 nitrogen and oxygen atoms in total. The topological polar surface area (TPSA) is 64.6 Å². The molecule has 110 valence electrons. The van der Waals surface area contributed by atoms with Crippen molar-refractivity contribution in [1.29, 1.82) is 0 Å². The van der Waals surface area contributed by atoms with E-state index >= 15 is 0 Å². The number of amides is 2. The maximum Gasteiger partial charge on any atom is 0.315 e. The molecule has 1 atom stereocenters. The molecule has 1 fully saturated rings. The van der Waals surface area contributed by atoms with Crippen LogP contribution in [0.2, 0.25) is 0 Å². The highest BCUT2D eigenvalue weighted by Crippen LogP contribution is 2.23. The van der Waals surface area contributed by atoms with Crippen LogP contribution in [-0.4, -0.2) is 37.4 Å². The van der Waals surface area contributed by atoms with Crippen LogP contribution in [0.15, 0.2) is 24.3 Å². The summed E-state index contributed by atoms with van der Waals surface area (Å²) in [6.07, 6.45) is 2.50. The third-order valence-corrected chi connectivity index (χ3v) is 3.59. The second-order valence-corrected chi connectivity index (χ2v) is 5.13. The molecule has 1 aliphatic rings. The normalized spacial score (nSPS) is 16.0. The highest BCUT2D eigenvalue weighted by atomic mass is 16.3. The number of hydrogen-bond acceptors (Lipinski definition) is 3. The molecule has 0 spiro atoms. The molecule has 1 aromatic carbocycles. The quantitative estimate of drug-likeness (QED) is 0.766. The molecule has 2 amide bonds. The van der Waals surface area contributed by atoms with Gasteiger partial charge in [0, 0.05) is 25.3 Å². The molecule has 1 aliphatic heterocycles. The van der Waals surface area contributed by atoms with E-state index in [0.29, 0.717) is 0 Å². The summed E-state index contributed by atoms with van der Waals surface area (Å²) in [5, 5.41) is 14.1. The lowest BCUT2D eigenvalue weighted by Crippen LogP contribution is -2.38. The van der Waals surface area contributed by atoms with Crippen molar-refractivity contribution in [2.75, 3.05) is 31.1 Å². The summed E-state index contributed by atoms with van der Waals surface area (Å²) in [4.78, 5) is 14.0. The van der Waals surface area contributed by atoms with Gasteiger partial charge in [0.1, 0.15) is 0 Å². The van der Waals surface area contributed by atoms with Crippen molar-refractivity contribution in [3.05, 3.63) is 29.8 Å². The van der Waals surface area contributed by atoms with E-state index in [4.69, 9.17) is 5.11 Å². The number of anilines is 1. The minimum absolute atomic E-state index is 0.0494. The molecular weight excluding hydrogens is 254 g/mol. The first-order chi connectivity index (χ1) is 9.70. The number of aliphatic hydroxyl groups excluding tert-OH is 1. The Bertz CT molecular complexity index is 444. The minimum atomic E-state index is -0.252. The number of benzene rings is 1. The summed E-state index contributed by atoms with van der Waals surface area (Å²) in [5.74, 6) is 0. The Balaban J connectivity index is 1.97. The zero-order valence-electron chi connectivity index (χ0n) is 11.9. The molecule has 1 unspecified atom stereocenters. The Hall–Kier alpha value is -1.75. The fourth-order valence-electron chi connectivity index (χ4n) is 2.47. The largest absolute Gasteiger partial charge is 0.395 e. The van der Waals surface area contributed by atoms with Gasteiger partial charge in [0.2, 0.25) is 0 Å². The predicted octanol–water partition coefficient (Wildman–Crippen LogP) is 1.64. The first-order valence-corrected chi connectivity index (χ1v) is 7.21. The number of hydrogen-bond donors (Lipinski definition) is 3. The van der Waals surface area contributed by atoms with Crippen molar-refractivity contribution in [2.24, 2.45) is 0 Å². The number of nitrogens with zero attached hydrogens (tertiary/aromatic N) is 1. The Morgan fingerprint density at radius 3 is 2.85 bits per heavy atom. The van der Waals surface area contributed by atoms with Crippen molar-refractivity contribution < 1.29 is 9.90 Å². The summed E-state index contributed by atoms with van der Waals surface area (Å²) >= 11 is 0. The van der Waals surface area contributed by atoms with Gasteiger partial charge in [-0.3, -0.25) is 0 Å². The van der Waals surface area contributed by atoms with Crippen LogP contribution in [0.4, 0.5) is 10.5 Å². The first kappa shape index (κ1) is 14.7. The number of carbonyl (C=O) groups excluding carboxylic acids is 1. The zero-order chi connectivity index (χ0) is 14.4. The van der Waals surface area contributed by atoms with E-state index in [1.165, 1.54) is 18.5 Å².